The first-order valence-corrected chi connectivity index (χ1v) is 37.6. The Morgan fingerprint density at radius 3 is 0.821 bits per heavy atom. The zero-order valence-electron chi connectivity index (χ0n) is 60.4. The third-order valence-electron chi connectivity index (χ3n) is 21.4. The van der Waals surface area contributed by atoms with Crippen molar-refractivity contribution in [1.82, 2.24) is 53.2 Å². The van der Waals surface area contributed by atoms with E-state index in [1.165, 1.54) is 71.1 Å². The number of aromatic nitrogens is 11. The van der Waals surface area contributed by atoms with Gasteiger partial charge in [-0.15, -0.1) is 0 Å². The van der Waals surface area contributed by atoms with Gasteiger partial charge >= 0.3 is 0 Å². The van der Waals surface area contributed by atoms with Gasteiger partial charge < -0.3 is 9.13 Å². The maximum absolute atomic E-state index is 5.07. The van der Waals surface area contributed by atoms with Crippen molar-refractivity contribution in [2.75, 3.05) is 0 Å². The summed E-state index contributed by atoms with van der Waals surface area (Å²) in [6, 6.07) is 132. The van der Waals surface area contributed by atoms with Gasteiger partial charge in [-0.2, -0.15) is 0 Å². The van der Waals surface area contributed by atoms with Gasteiger partial charge in [0.1, 0.15) is 5.82 Å². The maximum Gasteiger partial charge on any atom is 0.234 e. The highest BCUT2D eigenvalue weighted by Crippen LogP contribution is 2.42. The molecule has 0 aliphatic rings. The molecule has 0 amide bonds. The van der Waals surface area contributed by atoms with Crippen molar-refractivity contribution in [3.05, 3.63) is 395 Å². The van der Waals surface area contributed by atoms with E-state index in [2.05, 4.69) is 291 Å². The molecule has 0 spiro atoms. The summed E-state index contributed by atoms with van der Waals surface area (Å²) in [7, 11) is 0. The first-order valence-electron chi connectivity index (χ1n) is 37.6. The van der Waals surface area contributed by atoms with Crippen LogP contribution in [-0.2, 0) is 0 Å². The molecule has 0 saturated heterocycles. The maximum atomic E-state index is 5.07. The average Bonchev–Trinajstić information content (AvgIpc) is 1.59. The Kier molecular flexibility index (Phi) is 15.9. The van der Waals surface area contributed by atoms with Crippen LogP contribution in [0.25, 0.3) is 200 Å². The first kappa shape index (κ1) is 65.0. The fraction of sp³-hybridized carbons (Fsp3) is 0. The SMILES string of the molecule is c1ccc(-c2cc(-c3ccc(-n4c5ccccc5c5cc(-c6ccc7c(c6)c6ccccc6n7-c6ccccc6)ccc54)nc3)nc(-c3ccccc3)n2)cc1.c1ccc(-c2cc(-c3cnc(-n4c5ccccc5c5cc(-c6ccc7c(c6)c6ccccc6n7-c6ccccc6)ccc54)nc3)nc(-c3ccccc3)n2)cc1. The van der Waals surface area contributed by atoms with Crippen LogP contribution in [0.3, 0.4) is 0 Å². The minimum absolute atomic E-state index is 0.600. The largest absolute Gasteiger partial charge is 0.309 e. The van der Waals surface area contributed by atoms with Crippen molar-refractivity contribution in [3.8, 4) is 113 Å². The van der Waals surface area contributed by atoms with Gasteiger partial charge in [-0.1, -0.05) is 255 Å². The molecule has 112 heavy (non-hydrogen) atoms. The molecule has 8 aromatic heterocycles. The number of benzene rings is 14. The normalized spacial score (nSPS) is 11.6. The van der Waals surface area contributed by atoms with Crippen molar-refractivity contribution in [3.63, 3.8) is 0 Å². The molecule has 0 saturated carbocycles. The van der Waals surface area contributed by atoms with Crippen LogP contribution >= 0.6 is 0 Å². The van der Waals surface area contributed by atoms with Crippen LogP contribution in [0, 0.1) is 0 Å². The summed E-state index contributed by atoms with van der Waals surface area (Å²) in [5.74, 6) is 2.79. The zero-order chi connectivity index (χ0) is 74.0. The molecule has 0 fully saturated rings. The Bertz CT molecular complexity index is 6770. The van der Waals surface area contributed by atoms with Crippen LogP contribution in [0.2, 0.25) is 0 Å². The average molecular weight is 1430 g/mol. The van der Waals surface area contributed by atoms with E-state index in [0.29, 0.717) is 17.6 Å². The zero-order valence-corrected chi connectivity index (χ0v) is 60.4. The Morgan fingerprint density at radius 1 is 0.170 bits per heavy atom. The molecule has 0 unspecified atom stereocenters. The van der Waals surface area contributed by atoms with E-state index in [1.54, 1.807) is 0 Å². The molecule has 0 N–H and O–H groups in total. The fourth-order valence-corrected chi connectivity index (χ4v) is 16.2. The molecule has 22 aromatic rings. The Labute approximate surface area is 644 Å². The number of fused-ring (bicyclic) bond motifs is 12. The summed E-state index contributed by atoms with van der Waals surface area (Å²) in [5.41, 5.74) is 25.1. The lowest BCUT2D eigenvalue weighted by atomic mass is 10.0. The van der Waals surface area contributed by atoms with E-state index in [0.717, 1.165) is 112 Å². The van der Waals surface area contributed by atoms with E-state index in [-0.39, 0.29) is 0 Å². The summed E-state index contributed by atoms with van der Waals surface area (Å²) in [5, 5.41) is 9.62. The second-order valence-corrected chi connectivity index (χ2v) is 28.1. The van der Waals surface area contributed by atoms with E-state index in [4.69, 9.17) is 34.9 Å². The minimum atomic E-state index is 0.600. The van der Waals surface area contributed by atoms with Crippen LogP contribution in [0.1, 0.15) is 0 Å². The number of hydrogen-bond acceptors (Lipinski definition) is 7. The summed E-state index contributed by atoms with van der Waals surface area (Å²) in [6.07, 6.45) is 5.66. The van der Waals surface area contributed by atoms with Gasteiger partial charge in [0.2, 0.25) is 5.95 Å². The number of hydrogen-bond donors (Lipinski definition) is 0. The Hall–Kier alpha value is -15.3. The molecule has 0 atom stereocenters. The standard InChI is InChI=1S/C51H33N5.C50H32N6/c1-4-14-34(15-5-1)44-32-45(54-51(53-44)35-16-6-2-7-17-35)38-26-29-50(52-33-38)56-47-23-13-11-21-41(47)43-31-37(25-28-49(43)56)36-24-27-48-42(30-36)40-20-10-12-22-46(40)55(48)39-18-8-3-9-19-39;1-4-14-33(15-5-1)43-30-44(54-49(53-43)34-16-6-2-7-17-34)37-31-51-50(52-32-37)56-46-23-13-11-21-40(46)42-29-36(25-27-48(42)56)35-24-26-47-41(28-35)39-20-10-12-22-45(39)55(47)38-18-8-3-9-19-38/h1-33H;1-32H. The molecule has 11 heteroatoms. The Balaban J connectivity index is 0.000000141. The van der Waals surface area contributed by atoms with Crippen molar-refractivity contribution >= 4 is 87.2 Å². The van der Waals surface area contributed by atoms with Crippen molar-refractivity contribution in [2.24, 2.45) is 0 Å². The van der Waals surface area contributed by atoms with Gasteiger partial charge in [0.15, 0.2) is 11.6 Å². The molecule has 11 nitrogen and oxygen atoms in total. The minimum Gasteiger partial charge on any atom is -0.309 e. The number of nitrogens with zero attached hydrogens (tertiary/aromatic N) is 11. The molecular formula is C101H65N11. The molecule has 8 heterocycles. The number of rotatable bonds is 12. The highest BCUT2D eigenvalue weighted by atomic mass is 15.2. The lowest BCUT2D eigenvalue weighted by Crippen LogP contribution is -2.02. The monoisotopic (exact) mass is 1430 g/mol. The highest BCUT2D eigenvalue weighted by Gasteiger charge is 2.22. The second-order valence-electron chi connectivity index (χ2n) is 28.1. The van der Waals surface area contributed by atoms with Crippen molar-refractivity contribution in [1.29, 1.82) is 0 Å². The summed E-state index contributed by atoms with van der Waals surface area (Å²) < 4.78 is 9.13. The summed E-state index contributed by atoms with van der Waals surface area (Å²) in [6.45, 7) is 0. The topological polar surface area (TPSA) is 110 Å². The lowest BCUT2D eigenvalue weighted by Gasteiger charge is -2.11. The molecule has 0 bridgehead atoms. The van der Waals surface area contributed by atoms with Crippen molar-refractivity contribution in [2.45, 2.75) is 0 Å². The summed E-state index contributed by atoms with van der Waals surface area (Å²) >= 11 is 0. The molecule has 0 aliphatic heterocycles. The molecule has 524 valence electrons. The number of pyridine rings is 1. The fourth-order valence-electron chi connectivity index (χ4n) is 16.2. The van der Waals surface area contributed by atoms with Crippen LogP contribution in [0.15, 0.2) is 395 Å². The molecule has 14 aromatic carbocycles. The molecule has 22 rings (SSSR count). The van der Waals surface area contributed by atoms with Crippen LogP contribution < -0.4 is 0 Å². The van der Waals surface area contributed by atoms with E-state index in [1.807, 2.05) is 122 Å². The smallest absolute Gasteiger partial charge is 0.234 e. The first-order chi connectivity index (χ1) is 55.5. The van der Waals surface area contributed by atoms with E-state index in [9.17, 15) is 0 Å². The molecule has 0 aliphatic carbocycles. The van der Waals surface area contributed by atoms with Gasteiger partial charge in [-0.3, -0.25) is 9.13 Å². The lowest BCUT2D eigenvalue weighted by molar-refractivity contribution is 0.988. The third kappa shape index (κ3) is 11.5. The van der Waals surface area contributed by atoms with Gasteiger partial charge in [0.25, 0.3) is 0 Å². The number of para-hydroxylation sites is 6. The predicted octanol–water partition coefficient (Wildman–Crippen LogP) is 24.9. The Morgan fingerprint density at radius 2 is 0.446 bits per heavy atom. The van der Waals surface area contributed by atoms with Crippen LogP contribution in [0.5, 0.6) is 0 Å². The van der Waals surface area contributed by atoms with E-state index < -0.39 is 0 Å². The second kappa shape index (κ2) is 27.5. The highest BCUT2D eigenvalue weighted by molar-refractivity contribution is 6.15. The predicted molar refractivity (Wildman–Crippen MR) is 458 cm³/mol. The van der Waals surface area contributed by atoms with Gasteiger partial charge in [-0.05, 0) is 144 Å². The quantitative estimate of drug-likeness (QED) is 0.120. The van der Waals surface area contributed by atoms with Gasteiger partial charge in [0.05, 0.1) is 66.9 Å². The van der Waals surface area contributed by atoms with Crippen LogP contribution in [0.4, 0.5) is 0 Å². The van der Waals surface area contributed by atoms with Gasteiger partial charge in [0, 0.05) is 106 Å². The van der Waals surface area contributed by atoms with Crippen molar-refractivity contribution < 1.29 is 0 Å². The third-order valence-corrected chi connectivity index (χ3v) is 21.4. The molecular weight excluding hydrogens is 1370 g/mol. The van der Waals surface area contributed by atoms with Gasteiger partial charge in [-0.25, -0.2) is 34.9 Å². The summed E-state index contributed by atoms with van der Waals surface area (Å²) in [4.78, 5) is 34.9. The van der Waals surface area contributed by atoms with Crippen LogP contribution in [-0.4, -0.2) is 53.2 Å². The van der Waals surface area contributed by atoms with E-state index >= 15 is 0 Å². The molecule has 0 radical (unpaired) electrons.